The fourth-order valence-corrected chi connectivity index (χ4v) is 3.91. The Morgan fingerprint density at radius 2 is 2.13 bits per heavy atom. The van der Waals surface area contributed by atoms with Gasteiger partial charge in [-0.1, -0.05) is 32.3 Å². The normalized spacial score (nSPS) is 24.0. The van der Waals surface area contributed by atoms with Crippen LogP contribution in [-0.4, -0.2) is 60.4 Å². The van der Waals surface area contributed by atoms with Crippen molar-refractivity contribution in [3.8, 4) is 0 Å². The number of rotatable bonds is 7. The van der Waals surface area contributed by atoms with Gasteiger partial charge in [0, 0.05) is 31.6 Å². The summed E-state index contributed by atoms with van der Waals surface area (Å²) in [6.07, 6.45) is 8.08. The molecule has 1 saturated heterocycles. The Morgan fingerprint density at radius 1 is 1.43 bits per heavy atom. The van der Waals surface area contributed by atoms with Crippen molar-refractivity contribution in [1.82, 2.24) is 15.1 Å². The van der Waals surface area contributed by atoms with E-state index in [1.54, 1.807) is 11.0 Å². The molecule has 1 heterocycles. The maximum atomic E-state index is 12.5. The molecule has 0 bridgehead atoms. The Balaban J connectivity index is 1.92. The summed E-state index contributed by atoms with van der Waals surface area (Å²) >= 11 is 0. The molecule has 0 aromatic heterocycles. The van der Waals surface area contributed by atoms with E-state index in [9.17, 15) is 9.59 Å². The van der Waals surface area contributed by atoms with E-state index >= 15 is 0 Å². The van der Waals surface area contributed by atoms with Gasteiger partial charge >= 0.3 is 0 Å². The molecule has 1 saturated carbocycles. The standard InChI is InChI=1S/C18H31N3O2/c1-4-11-21-13-15(12-16(21)22)17(23)19-14-18(20(3)5-2)9-7-6-8-10-18/h4,15H,1,5-14H2,2-3H3,(H,19,23). The van der Waals surface area contributed by atoms with Crippen LogP contribution in [0.25, 0.3) is 0 Å². The summed E-state index contributed by atoms with van der Waals surface area (Å²) < 4.78 is 0. The molecule has 1 unspecified atom stereocenters. The van der Waals surface area contributed by atoms with Crippen molar-refractivity contribution in [2.75, 3.05) is 33.2 Å². The van der Waals surface area contributed by atoms with E-state index in [4.69, 9.17) is 0 Å². The molecule has 2 fully saturated rings. The zero-order valence-corrected chi connectivity index (χ0v) is 14.6. The van der Waals surface area contributed by atoms with E-state index in [2.05, 4.69) is 30.8 Å². The van der Waals surface area contributed by atoms with Crippen LogP contribution in [0, 0.1) is 5.92 Å². The lowest BCUT2D eigenvalue weighted by atomic mass is 9.80. The second-order valence-corrected chi connectivity index (χ2v) is 7.01. The Morgan fingerprint density at radius 3 is 2.74 bits per heavy atom. The lowest BCUT2D eigenvalue weighted by Crippen LogP contribution is -2.55. The van der Waals surface area contributed by atoms with Gasteiger partial charge in [0.15, 0.2) is 0 Å². The first-order valence-corrected chi connectivity index (χ1v) is 8.90. The number of likely N-dealkylation sites (N-methyl/N-ethyl adjacent to an activating group) is 1. The topological polar surface area (TPSA) is 52.7 Å². The summed E-state index contributed by atoms with van der Waals surface area (Å²) in [5.41, 5.74) is 0.0894. The van der Waals surface area contributed by atoms with Crippen LogP contribution in [0.4, 0.5) is 0 Å². The summed E-state index contributed by atoms with van der Waals surface area (Å²) in [5, 5.41) is 3.15. The van der Waals surface area contributed by atoms with E-state index in [-0.39, 0.29) is 23.3 Å². The molecule has 2 aliphatic rings. The van der Waals surface area contributed by atoms with Crippen LogP contribution < -0.4 is 5.32 Å². The number of amides is 2. The van der Waals surface area contributed by atoms with E-state index in [1.165, 1.54) is 19.3 Å². The van der Waals surface area contributed by atoms with Gasteiger partial charge in [-0.25, -0.2) is 0 Å². The highest BCUT2D eigenvalue weighted by Gasteiger charge is 2.38. The van der Waals surface area contributed by atoms with E-state index in [0.29, 0.717) is 26.1 Å². The van der Waals surface area contributed by atoms with E-state index in [0.717, 1.165) is 19.4 Å². The van der Waals surface area contributed by atoms with Gasteiger partial charge in [-0.05, 0) is 26.4 Å². The Hall–Kier alpha value is -1.36. The summed E-state index contributed by atoms with van der Waals surface area (Å²) in [6.45, 7) is 8.57. The molecule has 0 spiro atoms. The largest absolute Gasteiger partial charge is 0.354 e. The molecule has 5 nitrogen and oxygen atoms in total. The van der Waals surface area contributed by atoms with Crippen molar-refractivity contribution in [3.63, 3.8) is 0 Å². The van der Waals surface area contributed by atoms with Crippen molar-refractivity contribution in [1.29, 1.82) is 0 Å². The maximum Gasteiger partial charge on any atom is 0.225 e. The number of hydrogen-bond acceptors (Lipinski definition) is 3. The molecular formula is C18H31N3O2. The summed E-state index contributed by atoms with van der Waals surface area (Å²) in [4.78, 5) is 28.5. The molecule has 2 rings (SSSR count). The van der Waals surface area contributed by atoms with Gasteiger partial charge < -0.3 is 10.2 Å². The van der Waals surface area contributed by atoms with Gasteiger partial charge in [0.25, 0.3) is 0 Å². The van der Waals surface area contributed by atoms with Gasteiger partial charge in [0.05, 0.1) is 5.92 Å². The average molecular weight is 321 g/mol. The first kappa shape index (κ1) is 18.0. The number of carbonyl (C=O) groups is 2. The SMILES string of the molecule is C=CCN1CC(C(=O)NCC2(N(C)CC)CCCCC2)CC1=O. The maximum absolute atomic E-state index is 12.5. The second kappa shape index (κ2) is 7.95. The molecule has 0 aromatic rings. The molecule has 1 aliphatic carbocycles. The predicted molar refractivity (Wildman–Crippen MR) is 92.0 cm³/mol. The highest BCUT2D eigenvalue weighted by atomic mass is 16.2. The number of hydrogen-bond donors (Lipinski definition) is 1. The van der Waals surface area contributed by atoms with E-state index in [1.807, 2.05) is 0 Å². The van der Waals surface area contributed by atoms with E-state index < -0.39 is 0 Å². The smallest absolute Gasteiger partial charge is 0.225 e. The van der Waals surface area contributed by atoms with Crippen LogP contribution in [0.1, 0.15) is 45.4 Å². The van der Waals surface area contributed by atoms with Crippen LogP contribution >= 0.6 is 0 Å². The van der Waals surface area contributed by atoms with Gasteiger partial charge in [-0.2, -0.15) is 0 Å². The lowest BCUT2D eigenvalue weighted by Gasteiger charge is -2.44. The van der Waals surface area contributed by atoms with Crippen LogP contribution in [-0.2, 0) is 9.59 Å². The Kier molecular flexibility index (Phi) is 6.22. The fraction of sp³-hybridized carbons (Fsp3) is 0.778. The molecule has 1 N–H and O–H groups in total. The van der Waals surface area contributed by atoms with Gasteiger partial charge in [0.1, 0.15) is 0 Å². The third-order valence-electron chi connectivity index (χ3n) is 5.59. The quantitative estimate of drug-likeness (QED) is 0.727. The molecule has 0 aromatic carbocycles. The van der Waals surface area contributed by atoms with Crippen LogP contribution in [0.5, 0.6) is 0 Å². The van der Waals surface area contributed by atoms with Crippen LogP contribution in [0.3, 0.4) is 0 Å². The van der Waals surface area contributed by atoms with Crippen molar-refractivity contribution < 1.29 is 9.59 Å². The third kappa shape index (κ3) is 4.14. The molecule has 23 heavy (non-hydrogen) atoms. The molecule has 2 amide bonds. The number of nitrogens with zero attached hydrogens (tertiary/aromatic N) is 2. The zero-order valence-electron chi connectivity index (χ0n) is 14.6. The monoisotopic (exact) mass is 321 g/mol. The fourth-order valence-electron chi connectivity index (χ4n) is 3.91. The average Bonchev–Trinajstić information content (AvgIpc) is 2.94. The van der Waals surface area contributed by atoms with Crippen molar-refractivity contribution in [3.05, 3.63) is 12.7 Å². The minimum absolute atomic E-state index is 0.0272. The molecular weight excluding hydrogens is 290 g/mol. The Labute approximate surface area is 140 Å². The number of likely N-dealkylation sites (tertiary alicyclic amines) is 1. The number of nitrogens with one attached hydrogen (secondary N) is 1. The van der Waals surface area contributed by atoms with Crippen LogP contribution in [0.15, 0.2) is 12.7 Å². The summed E-state index contributed by atoms with van der Waals surface area (Å²) in [7, 11) is 2.16. The Bertz CT molecular complexity index is 444. The molecule has 1 atom stereocenters. The highest BCUT2D eigenvalue weighted by Crippen LogP contribution is 2.32. The molecule has 1 aliphatic heterocycles. The highest BCUT2D eigenvalue weighted by molar-refractivity contribution is 5.89. The lowest BCUT2D eigenvalue weighted by molar-refractivity contribution is -0.129. The third-order valence-corrected chi connectivity index (χ3v) is 5.59. The van der Waals surface area contributed by atoms with Crippen molar-refractivity contribution in [2.24, 2.45) is 5.92 Å². The zero-order chi connectivity index (χ0) is 16.9. The molecule has 5 heteroatoms. The molecule has 0 radical (unpaired) electrons. The summed E-state index contributed by atoms with van der Waals surface area (Å²) in [6, 6.07) is 0. The van der Waals surface area contributed by atoms with Crippen LogP contribution in [0.2, 0.25) is 0 Å². The predicted octanol–water partition coefficient (Wildman–Crippen LogP) is 1.79. The van der Waals surface area contributed by atoms with Gasteiger partial charge in [-0.15, -0.1) is 6.58 Å². The molecule has 130 valence electrons. The van der Waals surface area contributed by atoms with Crippen molar-refractivity contribution in [2.45, 2.75) is 51.0 Å². The first-order chi connectivity index (χ1) is 11.0. The summed E-state index contributed by atoms with van der Waals surface area (Å²) in [5.74, 6) is -0.127. The second-order valence-electron chi connectivity index (χ2n) is 7.01. The minimum atomic E-state index is -0.213. The first-order valence-electron chi connectivity index (χ1n) is 8.90. The van der Waals surface area contributed by atoms with Gasteiger partial charge in [0.2, 0.25) is 11.8 Å². The minimum Gasteiger partial charge on any atom is -0.354 e. The van der Waals surface area contributed by atoms with Gasteiger partial charge in [-0.3, -0.25) is 14.5 Å². The van der Waals surface area contributed by atoms with Crippen molar-refractivity contribution >= 4 is 11.8 Å². The number of carbonyl (C=O) groups excluding carboxylic acids is 2.